The normalized spacial score (nSPS) is 17.3. The van der Waals surface area contributed by atoms with E-state index in [0.717, 1.165) is 34.5 Å². The first-order valence-electron chi connectivity index (χ1n) is 7.41. The van der Waals surface area contributed by atoms with Gasteiger partial charge in [0.1, 0.15) is 10.8 Å². The SMILES string of the molecule is Cc1nnc(Nc2cccc(C3CCN(S(C)(=O)=O)CC3)n2)s1. The van der Waals surface area contributed by atoms with E-state index in [0.29, 0.717) is 13.1 Å². The summed E-state index contributed by atoms with van der Waals surface area (Å²) in [6.45, 7) is 3.01. The molecule has 0 aromatic carbocycles. The lowest BCUT2D eigenvalue weighted by Crippen LogP contribution is -2.37. The van der Waals surface area contributed by atoms with Crippen molar-refractivity contribution >= 4 is 32.3 Å². The van der Waals surface area contributed by atoms with Crippen LogP contribution in [0.2, 0.25) is 0 Å². The Morgan fingerprint density at radius 3 is 2.61 bits per heavy atom. The standard InChI is InChI=1S/C14H19N5O2S2/c1-10-17-18-14(22-10)16-13-5-3-4-12(15-13)11-6-8-19(9-7-11)23(2,20)21/h3-5,11H,6-9H2,1-2H3,(H,15,16,18). The highest BCUT2D eigenvalue weighted by Gasteiger charge is 2.26. The number of nitrogens with one attached hydrogen (secondary N) is 1. The van der Waals surface area contributed by atoms with E-state index < -0.39 is 10.0 Å². The van der Waals surface area contributed by atoms with Crippen molar-refractivity contribution in [3.63, 3.8) is 0 Å². The summed E-state index contributed by atoms with van der Waals surface area (Å²) in [7, 11) is -3.09. The van der Waals surface area contributed by atoms with E-state index >= 15 is 0 Å². The largest absolute Gasteiger partial charge is 0.315 e. The van der Waals surface area contributed by atoms with E-state index in [1.807, 2.05) is 25.1 Å². The Balaban J connectivity index is 1.68. The van der Waals surface area contributed by atoms with Gasteiger partial charge < -0.3 is 5.32 Å². The number of nitrogens with zero attached hydrogens (tertiary/aromatic N) is 4. The monoisotopic (exact) mass is 353 g/mol. The molecule has 0 unspecified atom stereocenters. The number of rotatable bonds is 4. The summed E-state index contributed by atoms with van der Waals surface area (Å²) < 4.78 is 24.7. The first-order chi connectivity index (χ1) is 10.9. The number of aryl methyl sites for hydroxylation is 1. The smallest absolute Gasteiger partial charge is 0.211 e. The summed E-state index contributed by atoms with van der Waals surface area (Å²) in [5.74, 6) is 1.02. The second kappa shape index (κ2) is 6.50. The van der Waals surface area contributed by atoms with E-state index in [-0.39, 0.29) is 5.92 Å². The van der Waals surface area contributed by atoms with Gasteiger partial charge in [-0.3, -0.25) is 0 Å². The van der Waals surface area contributed by atoms with Crippen molar-refractivity contribution < 1.29 is 8.42 Å². The number of anilines is 2. The van der Waals surface area contributed by atoms with Gasteiger partial charge in [-0.2, -0.15) is 0 Å². The molecule has 0 spiro atoms. The number of pyridine rings is 1. The van der Waals surface area contributed by atoms with E-state index in [1.165, 1.54) is 21.9 Å². The molecule has 0 bridgehead atoms. The molecule has 1 aliphatic heterocycles. The molecule has 9 heteroatoms. The van der Waals surface area contributed by atoms with Crippen molar-refractivity contribution in [3.05, 3.63) is 28.9 Å². The van der Waals surface area contributed by atoms with Crippen LogP contribution in [0.3, 0.4) is 0 Å². The highest BCUT2D eigenvalue weighted by Crippen LogP contribution is 2.29. The number of sulfonamides is 1. The van der Waals surface area contributed by atoms with Crippen LogP contribution in [0.15, 0.2) is 18.2 Å². The summed E-state index contributed by atoms with van der Waals surface area (Å²) in [5.41, 5.74) is 0.990. The zero-order valence-corrected chi connectivity index (χ0v) is 14.7. The summed E-state index contributed by atoms with van der Waals surface area (Å²) >= 11 is 1.48. The highest BCUT2D eigenvalue weighted by atomic mass is 32.2. The fourth-order valence-corrected chi connectivity index (χ4v) is 4.16. The van der Waals surface area contributed by atoms with Crippen molar-refractivity contribution in [1.29, 1.82) is 0 Å². The van der Waals surface area contributed by atoms with Gasteiger partial charge in [-0.25, -0.2) is 17.7 Å². The number of aromatic nitrogens is 3. The molecular formula is C14H19N5O2S2. The van der Waals surface area contributed by atoms with Crippen LogP contribution in [0, 0.1) is 6.92 Å². The zero-order chi connectivity index (χ0) is 16.4. The van der Waals surface area contributed by atoms with Crippen LogP contribution in [0.1, 0.15) is 29.5 Å². The topological polar surface area (TPSA) is 88.1 Å². The van der Waals surface area contributed by atoms with Gasteiger partial charge in [0.2, 0.25) is 15.2 Å². The Morgan fingerprint density at radius 1 is 1.26 bits per heavy atom. The molecule has 3 rings (SSSR count). The van der Waals surface area contributed by atoms with E-state index in [1.54, 1.807) is 0 Å². The lowest BCUT2D eigenvalue weighted by molar-refractivity contribution is 0.319. The minimum atomic E-state index is -3.09. The number of piperidine rings is 1. The lowest BCUT2D eigenvalue weighted by Gasteiger charge is -2.29. The summed E-state index contributed by atoms with van der Waals surface area (Å²) in [6, 6.07) is 5.85. The van der Waals surface area contributed by atoms with Crippen LogP contribution in [0.25, 0.3) is 0 Å². The van der Waals surface area contributed by atoms with Gasteiger partial charge >= 0.3 is 0 Å². The first-order valence-corrected chi connectivity index (χ1v) is 10.1. The maximum absolute atomic E-state index is 11.6. The molecular weight excluding hydrogens is 334 g/mol. The third-order valence-corrected chi connectivity index (χ3v) is 5.93. The van der Waals surface area contributed by atoms with Crippen LogP contribution < -0.4 is 5.32 Å². The minimum absolute atomic E-state index is 0.283. The fourth-order valence-electron chi connectivity index (χ4n) is 2.69. The molecule has 0 aliphatic carbocycles. The van der Waals surface area contributed by atoms with Crippen molar-refractivity contribution in [2.45, 2.75) is 25.7 Å². The molecule has 0 amide bonds. The van der Waals surface area contributed by atoms with Crippen molar-refractivity contribution in [1.82, 2.24) is 19.5 Å². The van der Waals surface area contributed by atoms with E-state index in [4.69, 9.17) is 0 Å². The summed E-state index contributed by atoms with van der Waals surface area (Å²) in [5, 5.41) is 12.8. The van der Waals surface area contributed by atoms with Crippen LogP contribution in [-0.2, 0) is 10.0 Å². The Kier molecular flexibility index (Phi) is 4.60. The van der Waals surface area contributed by atoms with Crippen molar-refractivity contribution in [3.8, 4) is 0 Å². The third-order valence-electron chi connectivity index (χ3n) is 3.87. The summed E-state index contributed by atoms with van der Waals surface area (Å²) in [4.78, 5) is 4.65. The number of hydrogen-bond acceptors (Lipinski definition) is 7. The molecule has 1 N–H and O–H groups in total. The van der Waals surface area contributed by atoms with Crippen molar-refractivity contribution in [2.75, 3.05) is 24.7 Å². The van der Waals surface area contributed by atoms with Gasteiger partial charge in [0, 0.05) is 24.7 Å². The van der Waals surface area contributed by atoms with Gasteiger partial charge in [0.05, 0.1) is 6.26 Å². The molecule has 7 nitrogen and oxygen atoms in total. The highest BCUT2D eigenvalue weighted by molar-refractivity contribution is 7.88. The second-order valence-corrected chi connectivity index (χ2v) is 8.80. The van der Waals surface area contributed by atoms with Gasteiger partial charge in [-0.05, 0) is 31.9 Å². The lowest BCUT2D eigenvalue weighted by atomic mass is 9.94. The third kappa shape index (κ3) is 4.04. The molecule has 2 aromatic heterocycles. The van der Waals surface area contributed by atoms with Crippen LogP contribution >= 0.6 is 11.3 Å². The quantitative estimate of drug-likeness (QED) is 0.906. The Labute approximate surface area is 139 Å². The van der Waals surface area contributed by atoms with E-state index in [9.17, 15) is 8.42 Å². The van der Waals surface area contributed by atoms with Gasteiger partial charge in [-0.1, -0.05) is 17.4 Å². The summed E-state index contributed by atoms with van der Waals surface area (Å²) in [6.07, 6.45) is 2.85. The molecule has 1 fully saturated rings. The average Bonchev–Trinajstić information content (AvgIpc) is 2.92. The van der Waals surface area contributed by atoms with Gasteiger partial charge in [0.25, 0.3) is 0 Å². The van der Waals surface area contributed by atoms with Crippen LogP contribution in [-0.4, -0.2) is 47.2 Å². The second-order valence-electron chi connectivity index (χ2n) is 5.64. The predicted octanol–water partition coefficient (Wildman–Crippen LogP) is 2.12. The maximum Gasteiger partial charge on any atom is 0.211 e. The van der Waals surface area contributed by atoms with Crippen LogP contribution in [0.4, 0.5) is 10.9 Å². The zero-order valence-electron chi connectivity index (χ0n) is 13.1. The maximum atomic E-state index is 11.6. The van der Waals surface area contributed by atoms with Crippen LogP contribution in [0.5, 0.6) is 0 Å². The molecule has 0 atom stereocenters. The molecule has 1 saturated heterocycles. The first kappa shape index (κ1) is 16.3. The van der Waals surface area contributed by atoms with E-state index in [2.05, 4.69) is 20.5 Å². The minimum Gasteiger partial charge on any atom is -0.315 e. The Morgan fingerprint density at radius 2 is 2.00 bits per heavy atom. The molecule has 3 heterocycles. The molecule has 23 heavy (non-hydrogen) atoms. The number of hydrogen-bond donors (Lipinski definition) is 1. The predicted molar refractivity (Wildman–Crippen MR) is 90.6 cm³/mol. The molecule has 0 saturated carbocycles. The molecule has 2 aromatic rings. The van der Waals surface area contributed by atoms with Crippen molar-refractivity contribution in [2.24, 2.45) is 0 Å². The average molecular weight is 353 g/mol. The van der Waals surface area contributed by atoms with Gasteiger partial charge in [0.15, 0.2) is 0 Å². The molecule has 124 valence electrons. The Bertz CT molecular complexity index is 782. The Hall–Kier alpha value is -1.58. The molecule has 0 radical (unpaired) electrons. The van der Waals surface area contributed by atoms with Gasteiger partial charge in [-0.15, -0.1) is 10.2 Å². The molecule has 1 aliphatic rings. The fraction of sp³-hybridized carbons (Fsp3) is 0.500.